The zero-order valence-electron chi connectivity index (χ0n) is 9.72. The predicted octanol–water partition coefficient (Wildman–Crippen LogP) is 3.52. The average Bonchev–Trinajstić information content (AvgIpc) is 2.26. The fourth-order valence-corrected chi connectivity index (χ4v) is 1.53. The van der Waals surface area contributed by atoms with Crippen molar-refractivity contribution in [2.45, 2.75) is 25.4 Å². The van der Waals surface area contributed by atoms with Crippen LogP contribution in [0.5, 0.6) is 5.75 Å². The van der Waals surface area contributed by atoms with E-state index in [4.69, 9.17) is 10.00 Å². The second-order valence-corrected chi connectivity index (χ2v) is 4.12. The van der Waals surface area contributed by atoms with Gasteiger partial charge in [0.25, 0.3) is 0 Å². The number of methoxy groups -OCH3 is 1. The molecule has 0 bridgehead atoms. The lowest BCUT2D eigenvalue weighted by atomic mass is 9.84. The maximum atomic E-state index is 12.7. The van der Waals surface area contributed by atoms with Crippen molar-refractivity contribution in [3.8, 4) is 11.8 Å². The van der Waals surface area contributed by atoms with Crippen molar-refractivity contribution >= 4 is 0 Å². The molecule has 0 heterocycles. The molecule has 1 aromatic rings. The number of nitriles is 1. The summed E-state index contributed by atoms with van der Waals surface area (Å²) < 4.78 is 43.1. The van der Waals surface area contributed by atoms with E-state index >= 15 is 0 Å². The Morgan fingerprint density at radius 3 is 2.12 bits per heavy atom. The lowest BCUT2D eigenvalue weighted by molar-refractivity contribution is -0.138. The second-order valence-electron chi connectivity index (χ2n) is 4.12. The van der Waals surface area contributed by atoms with E-state index in [2.05, 4.69) is 0 Å². The highest BCUT2D eigenvalue weighted by Gasteiger charge is 2.37. The van der Waals surface area contributed by atoms with Crippen LogP contribution in [0.25, 0.3) is 0 Å². The van der Waals surface area contributed by atoms with E-state index in [0.717, 1.165) is 6.07 Å². The molecular formula is C12H12F3NO. The molecule has 0 saturated heterocycles. The minimum absolute atomic E-state index is 0.234. The molecule has 92 valence electrons. The van der Waals surface area contributed by atoms with Crippen LogP contribution in [-0.4, -0.2) is 7.11 Å². The smallest absolute Gasteiger partial charge is 0.419 e. The van der Waals surface area contributed by atoms with E-state index in [1.165, 1.54) is 19.2 Å². The molecule has 0 amide bonds. The van der Waals surface area contributed by atoms with Gasteiger partial charge in [0, 0.05) is 5.56 Å². The SMILES string of the molecule is COc1c(C(F)(F)F)cccc1C(C)(C)C#N. The Morgan fingerprint density at radius 2 is 1.71 bits per heavy atom. The van der Waals surface area contributed by atoms with Gasteiger partial charge in [-0.1, -0.05) is 12.1 Å². The first-order valence-electron chi connectivity index (χ1n) is 4.90. The summed E-state index contributed by atoms with van der Waals surface area (Å²) in [7, 11) is 1.17. The highest BCUT2D eigenvalue weighted by molar-refractivity contribution is 5.49. The van der Waals surface area contributed by atoms with E-state index in [0.29, 0.717) is 0 Å². The number of alkyl halides is 3. The topological polar surface area (TPSA) is 33.0 Å². The Balaban J connectivity index is 3.51. The largest absolute Gasteiger partial charge is 0.496 e. The third-order valence-corrected chi connectivity index (χ3v) is 2.48. The number of hydrogen-bond acceptors (Lipinski definition) is 2. The molecule has 0 fully saturated rings. The van der Waals surface area contributed by atoms with Gasteiger partial charge in [0.05, 0.1) is 24.2 Å². The molecule has 0 N–H and O–H groups in total. The minimum Gasteiger partial charge on any atom is -0.496 e. The molecule has 2 nitrogen and oxygen atoms in total. The lowest BCUT2D eigenvalue weighted by Gasteiger charge is -2.22. The molecule has 0 aliphatic heterocycles. The van der Waals surface area contributed by atoms with Gasteiger partial charge in [-0.05, 0) is 19.9 Å². The number of halogens is 3. The van der Waals surface area contributed by atoms with Crippen LogP contribution >= 0.6 is 0 Å². The van der Waals surface area contributed by atoms with E-state index in [1.807, 2.05) is 6.07 Å². The number of para-hydroxylation sites is 1. The summed E-state index contributed by atoms with van der Waals surface area (Å²) in [5.41, 5.74) is -1.66. The summed E-state index contributed by atoms with van der Waals surface area (Å²) in [6.07, 6.45) is -4.49. The van der Waals surface area contributed by atoms with E-state index in [1.54, 1.807) is 13.8 Å². The van der Waals surface area contributed by atoms with Crippen LogP contribution in [0.1, 0.15) is 25.0 Å². The van der Waals surface area contributed by atoms with Gasteiger partial charge >= 0.3 is 6.18 Å². The number of ether oxygens (including phenoxy) is 1. The van der Waals surface area contributed by atoms with Crippen molar-refractivity contribution in [2.24, 2.45) is 0 Å². The van der Waals surface area contributed by atoms with E-state index in [-0.39, 0.29) is 11.3 Å². The van der Waals surface area contributed by atoms with Gasteiger partial charge < -0.3 is 4.74 Å². The summed E-state index contributed by atoms with van der Waals surface area (Å²) in [6.45, 7) is 3.09. The first-order valence-corrected chi connectivity index (χ1v) is 4.90. The highest BCUT2D eigenvalue weighted by atomic mass is 19.4. The molecule has 0 spiro atoms. The normalized spacial score (nSPS) is 12.1. The third-order valence-electron chi connectivity index (χ3n) is 2.48. The van der Waals surface area contributed by atoms with Crippen LogP contribution in [0.2, 0.25) is 0 Å². The van der Waals surface area contributed by atoms with Crippen molar-refractivity contribution in [1.29, 1.82) is 5.26 Å². The quantitative estimate of drug-likeness (QED) is 0.796. The molecule has 0 aromatic heterocycles. The van der Waals surface area contributed by atoms with Gasteiger partial charge in [0.1, 0.15) is 5.75 Å². The maximum Gasteiger partial charge on any atom is 0.419 e. The monoisotopic (exact) mass is 243 g/mol. The summed E-state index contributed by atoms with van der Waals surface area (Å²) >= 11 is 0. The van der Waals surface area contributed by atoms with Gasteiger partial charge in [0.15, 0.2) is 0 Å². The Labute approximate surface area is 97.6 Å². The lowest BCUT2D eigenvalue weighted by Crippen LogP contribution is -2.18. The molecule has 0 unspecified atom stereocenters. The third kappa shape index (κ3) is 2.52. The van der Waals surface area contributed by atoms with Crippen LogP contribution in [0.4, 0.5) is 13.2 Å². The first-order chi connectivity index (χ1) is 7.74. The standard InChI is InChI=1S/C12H12F3NO/c1-11(2,7-16)8-5-4-6-9(10(8)17-3)12(13,14)15/h4-6H,1-3H3. The molecule has 0 atom stereocenters. The summed E-state index contributed by atoms with van der Waals surface area (Å²) in [4.78, 5) is 0. The number of rotatable bonds is 2. The van der Waals surface area contributed by atoms with Crippen molar-refractivity contribution in [2.75, 3.05) is 7.11 Å². The molecule has 0 aliphatic rings. The molecule has 5 heteroatoms. The first kappa shape index (κ1) is 13.4. The van der Waals surface area contributed by atoms with Crippen LogP contribution in [0.3, 0.4) is 0 Å². The number of hydrogen-bond donors (Lipinski definition) is 0. The van der Waals surface area contributed by atoms with Crippen molar-refractivity contribution in [1.82, 2.24) is 0 Å². The summed E-state index contributed by atoms with van der Waals surface area (Å²) in [5, 5.41) is 8.97. The molecular weight excluding hydrogens is 231 g/mol. The minimum atomic E-state index is -4.49. The summed E-state index contributed by atoms with van der Waals surface area (Å²) in [6, 6.07) is 5.65. The predicted molar refractivity (Wildman–Crippen MR) is 56.6 cm³/mol. The number of benzene rings is 1. The van der Waals surface area contributed by atoms with Crippen LogP contribution in [0.15, 0.2) is 18.2 Å². The van der Waals surface area contributed by atoms with E-state index < -0.39 is 17.2 Å². The molecule has 17 heavy (non-hydrogen) atoms. The van der Waals surface area contributed by atoms with Gasteiger partial charge in [-0.15, -0.1) is 0 Å². The Bertz CT molecular complexity index is 458. The fourth-order valence-electron chi connectivity index (χ4n) is 1.53. The Hall–Kier alpha value is -1.70. The highest BCUT2D eigenvalue weighted by Crippen LogP contribution is 2.41. The molecule has 0 aliphatic carbocycles. The maximum absolute atomic E-state index is 12.7. The second kappa shape index (κ2) is 4.28. The van der Waals surface area contributed by atoms with Crippen LogP contribution < -0.4 is 4.74 Å². The zero-order valence-corrected chi connectivity index (χ0v) is 9.72. The van der Waals surface area contributed by atoms with Crippen molar-refractivity contribution < 1.29 is 17.9 Å². The molecule has 1 aromatic carbocycles. The summed E-state index contributed by atoms with van der Waals surface area (Å²) in [5.74, 6) is -0.286. The zero-order chi connectivity index (χ0) is 13.3. The van der Waals surface area contributed by atoms with Gasteiger partial charge in [-0.25, -0.2) is 0 Å². The Kier molecular flexibility index (Phi) is 3.37. The van der Waals surface area contributed by atoms with Crippen LogP contribution in [0, 0.1) is 11.3 Å². The Morgan fingerprint density at radius 1 is 1.18 bits per heavy atom. The van der Waals surface area contributed by atoms with Gasteiger partial charge in [-0.2, -0.15) is 18.4 Å². The van der Waals surface area contributed by atoms with Gasteiger partial charge in [0.2, 0.25) is 0 Å². The molecule has 1 rings (SSSR count). The van der Waals surface area contributed by atoms with E-state index in [9.17, 15) is 13.2 Å². The van der Waals surface area contributed by atoms with Gasteiger partial charge in [-0.3, -0.25) is 0 Å². The van der Waals surface area contributed by atoms with Crippen LogP contribution in [-0.2, 0) is 11.6 Å². The molecule has 0 saturated carbocycles. The fraction of sp³-hybridized carbons (Fsp3) is 0.417. The molecule has 0 radical (unpaired) electrons. The van der Waals surface area contributed by atoms with Crippen molar-refractivity contribution in [3.63, 3.8) is 0 Å². The average molecular weight is 243 g/mol. The van der Waals surface area contributed by atoms with Crippen molar-refractivity contribution in [3.05, 3.63) is 29.3 Å². The number of nitrogens with zero attached hydrogens (tertiary/aromatic N) is 1.